The lowest BCUT2D eigenvalue weighted by Crippen LogP contribution is -2.16. The van der Waals surface area contributed by atoms with Crippen molar-refractivity contribution in [2.45, 2.75) is 45.1 Å². The molecule has 6 heteroatoms. The minimum atomic E-state index is 0.239. The Kier molecular flexibility index (Phi) is 14.7. The molecule has 0 spiro atoms. The molecule has 0 saturated carbocycles. The van der Waals surface area contributed by atoms with Crippen molar-refractivity contribution >= 4 is 11.9 Å². The fourth-order valence-corrected chi connectivity index (χ4v) is 3.29. The fraction of sp³-hybridized carbons (Fsp3) is 0.556. The molecule has 4 N–H and O–H groups in total. The third-order valence-electron chi connectivity index (χ3n) is 3.07. The van der Waals surface area contributed by atoms with Gasteiger partial charge >= 0.3 is 0 Å². The van der Waals surface area contributed by atoms with Crippen LogP contribution in [0, 0.1) is 18.3 Å². The van der Waals surface area contributed by atoms with Gasteiger partial charge < -0.3 is 10.5 Å². The molecular formula is C18H32N2O3S. The molecule has 0 radical (unpaired) electrons. The Bertz CT molecular complexity index is 434. The second kappa shape index (κ2) is 14.1. The number of hydrogen-bond donors (Lipinski definition) is 3. The molecule has 1 fully saturated rings. The van der Waals surface area contributed by atoms with Crippen molar-refractivity contribution in [3.63, 3.8) is 0 Å². The molecule has 1 aromatic rings. The summed E-state index contributed by atoms with van der Waals surface area (Å²) in [4.78, 5) is 1.30. The monoisotopic (exact) mass is 356 g/mol. The minimum Gasteiger partial charge on any atom is -0.491 e. The van der Waals surface area contributed by atoms with E-state index in [1.54, 1.807) is 0 Å². The Hall–Kier alpha value is -1.23. The highest BCUT2D eigenvalue weighted by Crippen LogP contribution is 2.36. The first-order chi connectivity index (χ1) is 11.4. The molecule has 1 heterocycles. The zero-order valence-corrected chi connectivity index (χ0v) is 16.2. The molecule has 138 valence electrons. The van der Waals surface area contributed by atoms with E-state index in [1.165, 1.54) is 31.5 Å². The van der Waals surface area contributed by atoms with Crippen molar-refractivity contribution in [2.24, 2.45) is 11.1 Å². The topological polar surface area (TPSA) is 79.0 Å². The minimum absolute atomic E-state index is 0.239. The molecular weight excluding hydrogens is 324 g/mol. The Balaban J connectivity index is 0. The Labute approximate surface area is 151 Å². The summed E-state index contributed by atoms with van der Waals surface area (Å²) in [5.74, 6) is 0.955. The lowest BCUT2D eigenvalue weighted by Gasteiger charge is -2.18. The van der Waals surface area contributed by atoms with Gasteiger partial charge in [0.05, 0.1) is 6.10 Å². The quantitative estimate of drug-likeness (QED) is 0.327. The molecule has 1 saturated heterocycles. The van der Waals surface area contributed by atoms with E-state index in [2.05, 4.69) is 74.8 Å². The van der Waals surface area contributed by atoms with Gasteiger partial charge in [-0.2, -0.15) is 0 Å². The van der Waals surface area contributed by atoms with Gasteiger partial charge in [-0.1, -0.05) is 13.8 Å². The van der Waals surface area contributed by atoms with Gasteiger partial charge in [0.1, 0.15) is 5.75 Å². The highest BCUT2D eigenvalue weighted by Gasteiger charge is 2.29. The average molecular weight is 357 g/mol. The van der Waals surface area contributed by atoms with Crippen LogP contribution in [0.15, 0.2) is 29.2 Å². The van der Waals surface area contributed by atoms with Gasteiger partial charge in [-0.3, -0.25) is 10.5 Å². The summed E-state index contributed by atoms with van der Waals surface area (Å²) in [5, 5.41) is 12.0. The van der Waals surface area contributed by atoms with Gasteiger partial charge in [0.25, 0.3) is 0 Å². The lowest BCUT2D eigenvalue weighted by molar-refractivity contribution is -0.176. The second-order valence-electron chi connectivity index (χ2n) is 6.01. The van der Waals surface area contributed by atoms with Crippen molar-refractivity contribution in [3.05, 3.63) is 24.3 Å². The lowest BCUT2D eigenvalue weighted by atomic mass is 9.93. The number of benzene rings is 1. The van der Waals surface area contributed by atoms with Crippen LogP contribution in [0.3, 0.4) is 0 Å². The van der Waals surface area contributed by atoms with Crippen molar-refractivity contribution in [1.29, 1.82) is 0 Å². The standard InChI is InChI=1S/C15H23NOS.C2H2.CH5N.H2O2/c1-12(2)17-13-5-7-14(8-6-13)18-16-10-9-15(3,4)11-16;3*1-2/h5-8,12H,9-11H2,1-4H3;1-2H;2H2,1H3;1-2H. The summed E-state index contributed by atoms with van der Waals surface area (Å²) in [5.41, 5.74) is 4.97. The van der Waals surface area contributed by atoms with Crippen molar-refractivity contribution in [2.75, 3.05) is 20.1 Å². The maximum atomic E-state index is 6.00. The number of terminal acetylenes is 1. The van der Waals surface area contributed by atoms with Gasteiger partial charge in [-0.05, 0) is 68.9 Å². The summed E-state index contributed by atoms with van der Waals surface area (Å²) >= 11 is 1.86. The van der Waals surface area contributed by atoms with Gasteiger partial charge in [-0.15, -0.1) is 12.8 Å². The van der Waals surface area contributed by atoms with Crippen LogP contribution in [-0.4, -0.2) is 41.1 Å². The first-order valence-corrected chi connectivity index (χ1v) is 8.53. The number of ether oxygens (including phenoxy) is 1. The Morgan fingerprint density at radius 2 is 1.67 bits per heavy atom. The Morgan fingerprint density at radius 3 is 2.04 bits per heavy atom. The smallest absolute Gasteiger partial charge is 0.119 e. The highest BCUT2D eigenvalue weighted by atomic mass is 32.2. The van der Waals surface area contributed by atoms with Crippen LogP contribution in [0.2, 0.25) is 0 Å². The van der Waals surface area contributed by atoms with Crippen molar-refractivity contribution < 1.29 is 15.3 Å². The zero-order chi connectivity index (χ0) is 19.2. The van der Waals surface area contributed by atoms with Gasteiger partial charge in [-0.25, -0.2) is 4.31 Å². The first kappa shape index (κ1) is 25.0. The van der Waals surface area contributed by atoms with E-state index >= 15 is 0 Å². The van der Waals surface area contributed by atoms with E-state index in [-0.39, 0.29) is 6.10 Å². The molecule has 0 atom stereocenters. The van der Waals surface area contributed by atoms with E-state index in [0.717, 1.165) is 5.75 Å². The van der Waals surface area contributed by atoms with Crippen LogP contribution in [-0.2, 0) is 0 Å². The highest BCUT2D eigenvalue weighted by molar-refractivity contribution is 7.97. The van der Waals surface area contributed by atoms with Crippen LogP contribution in [0.5, 0.6) is 5.75 Å². The predicted octanol–water partition coefficient (Wildman–Crippen LogP) is 4.05. The summed E-state index contributed by atoms with van der Waals surface area (Å²) in [6.07, 6.45) is 9.53. The summed E-state index contributed by atoms with van der Waals surface area (Å²) in [7, 11) is 1.50. The molecule has 1 aromatic carbocycles. The second-order valence-corrected chi connectivity index (χ2v) is 7.18. The molecule has 0 aromatic heterocycles. The summed E-state index contributed by atoms with van der Waals surface area (Å²) < 4.78 is 8.11. The van der Waals surface area contributed by atoms with E-state index in [0.29, 0.717) is 5.41 Å². The molecule has 0 bridgehead atoms. The molecule has 24 heavy (non-hydrogen) atoms. The maximum Gasteiger partial charge on any atom is 0.119 e. The number of hydrogen-bond acceptors (Lipinski definition) is 6. The maximum absolute atomic E-state index is 6.00. The normalized spacial score (nSPS) is 15.1. The Morgan fingerprint density at radius 1 is 1.17 bits per heavy atom. The predicted molar refractivity (Wildman–Crippen MR) is 103 cm³/mol. The van der Waals surface area contributed by atoms with E-state index < -0.39 is 0 Å². The van der Waals surface area contributed by atoms with Crippen LogP contribution in [0.1, 0.15) is 34.1 Å². The van der Waals surface area contributed by atoms with Crippen molar-refractivity contribution in [3.8, 4) is 18.6 Å². The SMILES string of the molecule is C#C.CC(C)Oc1ccc(SN2CCC(C)(C)C2)cc1.CN.OO. The third-order valence-corrected chi connectivity index (χ3v) is 4.13. The molecule has 0 aliphatic carbocycles. The fourth-order valence-electron chi connectivity index (χ4n) is 2.14. The van der Waals surface area contributed by atoms with Gasteiger partial charge in [0.15, 0.2) is 0 Å². The molecule has 2 rings (SSSR count). The van der Waals surface area contributed by atoms with Crippen LogP contribution in [0.25, 0.3) is 0 Å². The summed E-state index contributed by atoms with van der Waals surface area (Å²) in [6, 6.07) is 8.41. The van der Waals surface area contributed by atoms with Crippen LogP contribution in [0.4, 0.5) is 0 Å². The first-order valence-electron chi connectivity index (χ1n) is 7.75. The van der Waals surface area contributed by atoms with Crippen molar-refractivity contribution in [1.82, 2.24) is 4.31 Å². The molecule has 1 aliphatic heterocycles. The van der Waals surface area contributed by atoms with Gasteiger partial charge in [0.2, 0.25) is 0 Å². The largest absolute Gasteiger partial charge is 0.491 e. The van der Waals surface area contributed by atoms with E-state index in [9.17, 15) is 0 Å². The molecule has 0 unspecified atom stereocenters. The zero-order valence-electron chi connectivity index (χ0n) is 15.4. The molecule has 0 amide bonds. The number of nitrogens with zero attached hydrogens (tertiary/aromatic N) is 1. The van der Waals surface area contributed by atoms with E-state index in [1.807, 2.05) is 11.9 Å². The van der Waals surface area contributed by atoms with Gasteiger partial charge in [0, 0.05) is 18.0 Å². The third kappa shape index (κ3) is 10.5. The molecule has 1 aliphatic rings. The summed E-state index contributed by atoms with van der Waals surface area (Å²) in [6.45, 7) is 11.1. The van der Waals surface area contributed by atoms with Crippen LogP contribution >= 0.6 is 11.9 Å². The number of rotatable bonds is 4. The average Bonchev–Trinajstić information content (AvgIpc) is 2.93. The van der Waals surface area contributed by atoms with Crippen LogP contribution < -0.4 is 10.5 Å². The number of nitrogens with two attached hydrogens (primary N) is 1. The molecule has 5 nitrogen and oxygen atoms in total. The van der Waals surface area contributed by atoms with E-state index in [4.69, 9.17) is 15.3 Å².